The van der Waals surface area contributed by atoms with Gasteiger partial charge in [-0.2, -0.15) is 0 Å². The van der Waals surface area contributed by atoms with Gasteiger partial charge in [0.2, 0.25) is 0 Å². The van der Waals surface area contributed by atoms with Gasteiger partial charge in [-0.1, -0.05) is 24.6 Å². The molecule has 21 heavy (non-hydrogen) atoms. The Labute approximate surface area is 125 Å². The van der Waals surface area contributed by atoms with Gasteiger partial charge in [0, 0.05) is 23.8 Å². The van der Waals surface area contributed by atoms with Crippen LogP contribution in [0.15, 0.2) is 36.7 Å². The second-order valence-electron chi connectivity index (χ2n) is 6.83. The molecule has 110 valence electrons. The Kier molecular flexibility index (Phi) is 3.40. The minimum atomic E-state index is 0.250. The number of nitrogens with two attached hydrogens (primary N) is 1. The van der Waals surface area contributed by atoms with Crippen LogP contribution in [0.1, 0.15) is 43.7 Å². The van der Waals surface area contributed by atoms with Crippen LogP contribution in [0.3, 0.4) is 0 Å². The highest BCUT2D eigenvalue weighted by Gasteiger charge is 2.40. The molecule has 0 amide bonds. The van der Waals surface area contributed by atoms with Gasteiger partial charge in [-0.3, -0.25) is 16.3 Å². The summed E-state index contributed by atoms with van der Waals surface area (Å²) in [6.45, 7) is 0. The summed E-state index contributed by atoms with van der Waals surface area (Å²) >= 11 is 0. The number of nitrogens with one attached hydrogen (secondary N) is 1. The van der Waals surface area contributed by atoms with E-state index in [0.717, 1.165) is 17.8 Å². The second-order valence-corrected chi connectivity index (χ2v) is 6.83. The van der Waals surface area contributed by atoms with E-state index in [-0.39, 0.29) is 6.04 Å². The van der Waals surface area contributed by atoms with Crippen LogP contribution in [0, 0.1) is 17.8 Å². The number of hydrogen-bond acceptors (Lipinski definition) is 3. The molecule has 1 heterocycles. The molecule has 2 fully saturated rings. The molecule has 3 N–H and O–H groups in total. The molecule has 2 bridgehead atoms. The predicted molar refractivity (Wildman–Crippen MR) is 85.4 cm³/mol. The molecule has 2 aromatic rings. The zero-order chi connectivity index (χ0) is 14.2. The van der Waals surface area contributed by atoms with Gasteiger partial charge < -0.3 is 0 Å². The van der Waals surface area contributed by atoms with Gasteiger partial charge in [0.05, 0.1) is 0 Å². The fourth-order valence-corrected chi connectivity index (χ4v) is 4.70. The van der Waals surface area contributed by atoms with Crippen LogP contribution in [-0.2, 0) is 0 Å². The zero-order valence-corrected chi connectivity index (χ0v) is 12.3. The standard InChI is InChI=1S/C18H23N3/c19-21-18(10-15-9-12-4-5-13(15)8-12)17-3-1-2-14-11-20-7-6-16(14)17/h1-3,6-7,11-13,15,18,21H,4-5,8-10,19H2. The molecule has 2 saturated carbocycles. The molecule has 4 atom stereocenters. The first-order valence-electron chi connectivity index (χ1n) is 8.14. The molecule has 2 aliphatic carbocycles. The van der Waals surface area contributed by atoms with Crippen LogP contribution in [-0.4, -0.2) is 4.98 Å². The topological polar surface area (TPSA) is 50.9 Å². The van der Waals surface area contributed by atoms with Gasteiger partial charge in [-0.05, 0) is 60.5 Å². The van der Waals surface area contributed by atoms with Gasteiger partial charge in [-0.15, -0.1) is 0 Å². The fraction of sp³-hybridized carbons (Fsp3) is 0.500. The Morgan fingerprint density at radius 2 is 2.19 bits per heavy atom. The van der Waals surface area contributed by atoms with Crippen LogP contribution in [0.2, 0.25) is 0 Å². The largest absolute Gasteiger partial charge is 0.271 e. The summed E-state index contributed by atoms with van der Waals surface area (Å²) in [5.41, 5.74) is 4.40. The average molecular weight is 281 g/mol. The van der Waals surface area contributed by atoms with Crippen molar-refractivity contribution in [2.24, 2.45) is 23.6 Å². The monoisotopic (exact) mass is 281 g/mol. The van der Waals surface area contributed by atoms with Crippen molar-refractivity contribution in [1.82, 2.24) is 10.4 Å². The molecule has 1 aromatic carbocycles. The van der Waals surface area contributed by atoms with Crippen molar-refractivity contribution in [3.8, 4) is 0 Å². The molecule has 4 rings (SSSR count). The van der Waals surface area contributed by atoms with Crippen LogP contribution < -0.4 is 11.3 Å². The lowest BCUT2D eigenvalue weighted by Crippen LogP contribution is -2.31. The average Bonchev–Trinajstić information content (AvgIpc) is 3.15. The van der Waals surface area contributed by atoms with Crippen molar-refractivity contribution in [3.63, 3.8) is 0 Å². The molecule has 4 unspecified atom stereocenters. The van der Waals surface area contributed by atoms with Crippen LogP contribution in [0.5, 0.6) is 0 Å². The molecule has 0 spiro atoms. The van der Waals surface area contributed by atoms with E-state index in [2.05, 4.69) is 34.7 Å². The second kappa shape index (κ2) is 5.39. The van der Waals surface area contributed by atoms with E-state index < -0.39 is 0 Å². The zero-order valence-electron chi connectivity index (χ0n) is 12.3. The third-order valence-corrected chi connectivity index (χ3v) is 5.71. The molecular formula is C18H23N3. The molecule has 0 radical (unpaired) electrons. The summed E-state index contributed by atoms with van der Waals surface area (Å²) in [6, 6.07) is 8.80. The summed E-state index contributed by atoms with van der Waals surface area (Å²) in [6.07, 6.45) is 10.7. The number of aromatic nitrogens is 1. The number of pyridine rings is 1. The predicted octanol–water partition coefficient (Wildman–Crippen LogP) is 3.57. The first-order chi connectivity index (χ1) is 10.3. The van der Waals surface area contributed by atoms with E-state index in [1.165, 1.54) is 48.4 Å². The lowest BCUT2D eigenvalue weighted by molar-refractivity contribution is 0.280. The summed E-state index contributed by atoms with van der Waals surface area (Å²) < 4.78 is 0. The van der Waals surface area contributed by atoms with Gasteiger partial charge >= 0.3 is 0 Å². The van der Waals surface area contributed by atoms with Gasteiger partial charge in [0.15, 0.2) is 0 Å². The van der Waals surface area contributed by atoms with Crippen molar-refractivity contribution in [2.75, 3.05) is 0 Å². The maximum absolute atomic E-state index is 5.91. The first-order valence-corrected chi connectivity index (χ1v) is 8.14. The molecule has 2 aliphatic rings. The lowest BCUT2D eigenvalue weighted by atomic mass is 9.82. The highest BCUT2D eigenvalue weighted by Crippen LogP contribution is 2.51. The normalized spacial score (nSPS) is 29.1. The number of benzene rings is 1. The van der Waals surface area contributed by atoms with Gasteiger partial charge in [0.1, 0.15) is 0 Å². The third-order valence-electron chi connectivity index (χ3n) is 5.71. The highest BCUT2D eigenvalue weighted by atomic mass is 15.2. The Hall–Kier alpha value is -1.45. The molecule has 1 aromatic heterocycles. The Bertz CT molecular complexity index is 634. The number of fused-ring (bicyclic) bond motifs is 3. The summed E-state index contributed by atoms with van der Waals surface area (Å²) in [5, 5.41) is 2.47. The molecular weight excluding hydrogens is 258 g/mol. The Morgan fingerprint density at radius 3 is 2.95 bits per heavy atom. The van der Waals surface area contributed by atoms with E-state index in [0.29, 0.717) is 0 Å². The maximum atomic E-state index is 5.91. The molecule has 0 aliphatic heterocycles. The number of hydrogen-bond donors (Lipinski definition) is 2. The number of hydrazine groups is 1. The van der Waals surface area contributed by atoms with Crippen molar-refractivity contribution in [2.45, 2.75) is 38.1 Å². The Balaban J connectivity index is 1.62. The lowest BCUT2D eigenvalue weighted by Gasteiger charge is -2.27. The van der Waals surface area contributed by atoms with Crippen LogP contribution >= 0.6 is 0 Å². The SMILES string of the molecule is NNC(CC1CC2CCC1C2)c1cccc2cnccc12. The van der Waals surface area contributed by atoms with Crippen LogP contribution in [0.4, 0.5) is 0 Å². The number of nitrogens with zero attached hydrogens (tertiary/aromatic N) is 1. The van der Waals surface area contributed by atoms with E-state index >= 15 is 0 Å². The minimum absolute atomic E-state index is 0.250. The summed E-state index contributed by atoms with van der Waals surface area (Å²) in [4.78, 5) is 4.22. The van der Waals surface area contributed by atoms with E-state index in [1.807, 2.05) is 12.4 Å². The summed E-state index contributed by atoms with van der Waals surface area (Å²) in [5.74, 6) is 8.70. The van der Waals surface area contributed by atoms with E-state index in [1.54, 1.807) is 0 Å². The van der Waals surface area contributed by atoms with Crippen molar-refractivity contribution in [1.29, 1.82) is 0 Å². The maximum Gasteiger partial charge on any atom is 0.0468 e. The van der Waals surface area contributed by atoms with Gasteiger partial charge in [-0.25, -0.2) is 0 Å². The summed E-state index contributed by atoms with van der Waals surface area (Å²) in [7, 11) is 0. The molecule has 3 heteroatoms. The smallest absolute Gasteiger partial charge is 0.0468 e. The van der Waals surface area contributed by atoms with Crippen molar-refractivity contribution < 1.29 is 0 Å². The minimum Gasteiger partial charge on any atom is -0.271 e. The van der Waals surface area contributed by atoms with Gasteiger partial charge in [0.25, 0.3) is 0 Å². The quantitative estimate of drug-likeness (QED) is 0.665. The van der Waals surface area contributed by atoms with E-state index in [4.69, 9.17) is 5.84 Å². The van der Waals surface area contributed by atoms with Crippen LogP contribution in [0.25, 0.3) is 10.8 Å². The highest BCUT2D eigenvalue weighted by molar-refractivity contribution is 5.85. The third kappa shape index (κ3) is 2.34. The fourth-order valence-electron chi connectivity index (χ4n) is 4.70. The van der Waals surface area contributed by atoms with Crippen molar-refractivity contribution >= 4 is 10.8 Å². The first kappa shape index (κ1) is 13.2. The molecule has 3 nitrogen and oxygen atoms in total. The number of rotatable bonds is 4. The molecule has 0 saturated heterocycles. The van der Waals surface area contributed by atoms with Crippen molar-refractivity contribution in [3.05, 3.63) is 42.2 Å². The van der Waals surface area contributed by atoms with E-state index in [9.17, 15) is 0 Å². The Morgan fingerprint density at radius 1 is 1.24 bits per heavy atom.